The second-order valence-corrected chi connectivity index (χ2v) is 5.30. The zero-order valence-corrected chi connectivity index (χ0v) is 12.1. The molecule has 10 heteroatoms. The number of hydrogen-bond donors (Lipinski definition) is 1. The molecule has 22 heavy (non-hydrogen) atoms. The molecule has 1 N–H and O–H groups in total. The number of carbonyl (C=O) groups excluding carboxylic acids is 3. The van der Waals surface area contributed by atoms with Gasteiger partial charge in [0.15, 0.2) is 0 Å². The van der Waals surface area contributed by atoms with Crippen molar-refractivity contribution in [3.8, 4) is 0 Å². The van der Waals surface area contributed by atoms with Crippen LogP contribution in [0.1, 0.15) is 6.42 Å². The molecule has 1 aliphatic rings. The highest BCUT2D eigenvalue weighted by Crippen LogP contribution is 2.29. The second kappa shape index (κ2) is 5.77. The van der Waals surface area contributed by atoms with Gasteiger partial charge >= 0.3 is 12.1 Å². The molecule has 1 unspecified atom stereocenters. The van der Waals surface area contributed by atoms with Gasteiger partial charge in [0.25, 0.3) is 5.91 Å². The van der Waals surface area contributed by atoms with E-state index in [0.29, 0.717) is 4.90 Å². The van der Waals surface area contributed by atoms with Gasteiger partial charge in [0.1, 0.15) is 6.04 Å². The summed E-state index contributed by atoms with van der Waals surface area (Å²) in [7, 11) is 0. The summed E-state index contributed by atoms with van der Waals surface area (Å²) in [6.45, 7) is 0. The van der Waals surface area contributed by atoms with Gasteiger partial charge in [0.05, 0.1) is 12.1 Å². The fourth-order valence-electron chi connectivity index (χ4n) is 1.92. The van der Waals surface area contributed by atoms with Crippen molar-refractivity contribution in [2.45, 2.75) is 18.6 Å². The van der Waals surface area contributed by atoms with Crippen LogP contribution in [-0.4, -0.2) is 29.9 Å². The van der Waals surface area contributed by atoms with Gasteiger partial charge in [0, 0.05) is 10.0 Å². The Balaban J connectivity index is 2.24. The minimum Gasteiger partial charge on any atom is -0.336 e. The van der Waals surface area contributed by atoms with E-state index in [1.807, 2.05) is 0 Å². The fraction of sp³-hybridized carbons (Fsp3) is 0.250. The fourth-order valence-corrected chi connectivity index (χ4v) is 2.44. The highest BCUT2D eigenvalue weighted by molar-refractivity contribution is 6.35. The number of benzene rings is 1. The predicted molar refractivity (Wildman–Crippen MR) is 71.6 cm³/mol. The van der Waals surface area contributed by atoms with E-state index in [1.54, 1.807) is 0 Å². The quantitative estimate of drug-likeness (QED) is 0.828. The number of rotatable bonds is 2. The lowest BCUT2D eigenvalue weighted by molar-refractivity contribution is -0.174. The van der Waals surface area contributed by atoms with Crippen LogP contribution in [0.5, 0.6) is 0 Å². The van der Waals surface area contributed by atoms with E-state index in [0.717, 1.165) is 0 Å². The van der Waals surface area contributed by atoms with Gasteiger partial charge in [-0.05, 0) is 18.2 Å². The number of anilines is 1. The third-order valence-electron chi connectivity index (χ3n) is 2.81. The molecule has 0 saturated carbocycles. The van der Waals surface area contributed by atoms with Crippen molar-refractivity contribution >= 4 is 46.6 Å². The van der Waals surface area contributed by atoms with Crippen LogP contribution in [0.25, 0.3) is 0 Å². The predicted octanol–water partition coefficient (Wildman–Crippen LogP) is 2.30. The molecule has 0 spiro atoms. The van der Waals surface area contributed by atoms with Gasteiger partial charge in [-0.2, -0.15) is 13.2 Å². The summed E-state index contributed by atoms with van der Waals surface area (Å²) in [4.78, 5) is 35.4. The van der Waals surface area contributed by atoms with Crippen LogP contribution < -0.4 is 10.2 Å². The molecular weight excluding hydrogens is 348 g/mol. The van der Waals surface area contributed by atoms with E-state index in [9.17, 15) is 27.6 Å². The van der Waals surface area contributed by atoms with Crippen molar-refractivity contribution < 1.29 is 27.6 Å². The van der Waals surface area contributed by atoms with Gasteiger partial charge < -0.3 is 5.32 Å². The van der Waals surface area contributed by atoms with E-state index in [1.165, 1.54) is 23.5 Å². The molecule has 5 nitrogen and oxygen atoms in total. The van der Waals surface area contributed by atoms with Crippen LogP contribution in [0.15, 0.2) is 18.2 Å². The minimum atomic E-state index is -5.14. The SMILES string of the molecule is O=C1CC(NC(=O)C(F)(F)F)C(=O)N1c1cc(Cl)cc(Cl)c1. The molecule has 1 aliphatic heterocycles. The van der Waals surface area contributed by atoms with Gasteiger partial charge in [0.2, 0.25) is 5.91 Å². The molecular formula is C12H7Cl2F3N2O3. The maximum atomic E-state index is 12.2. The molecule has 1 fully saturated rings. The number of amides is 3. The average molecular weight is 355 g/mol. The molecule has 1 heterocycles. The summed E-state index contributed by atoms with van der Waals surface area (Å²) in [5.41, 5.74) is 0.0243. The van der Waals surface area contributed by atoms with E-state index >= 15 is 0 Å². The molecule has 0 aliphatic carbocycles. The first-order valence-corrected chi connectivity index (χ1v) is 6.56. The maximum absolute atomic E-state index is 12.2. The van der Waals surface area contributed by atoms with Crippen LogP contribution >= 0.6 is 23.2 Å². The minimum absolute atomic E-state index is 0.0243. The van der Waals surface area contributed by atoms with Crippen LogP contribution in [-0.2, 0) is 14.4 Å². The highest BCUT2D eigenvalue weighted by atomic mass is 35.5. The van der Waals surface area contributed by atoms with Gasteiger partial charge in [-0.25, -0.2) is 4.90 Å². The molecule has 118 valence electrons. The molecule has 1 saturated heterocycles. The Labute approximate surface area is 132 Å². The van der Waals surface area contributed by atoms with E-state index in [2.05, 4.69) is 0 Å². The Morgan fingerprint density at radius 3 is 2.23 bits per heavy atom. The first-order valence-electron chi connectivity index (χ1n) is 5.80. The Morgan fingerprint density at radius 2 is 1.73 bits per heavy atom. The topological polar surface area (TPSA) is 66.5 Å². The summed E-state index contributed by atoms with van der Waals surface area (Å²) in [6.07, 6.45) is -5.72. The number of nitrogens with one attached hydrogen (secondary N) is 1. The van der Waals surface area contributed by atoms with E-state index in [4.69, 9.17) is 23.2 Å². The summed E-state index contributed by atoms with van der Waals surface area (Å²) < 4.78 is 36.6. The first-order chi connectivity index (χ1) is 10.1. The first kappa shape index (κ1) is 16.6. The lowest BCUT2D eigenvalue weighted by Gasteiger charge is -2.16. The smallest absolute Gasteiger partial charge is 0.336 e. The largest absolute Gasteiger partial charge is 0.471 e. The molecule has 1 aromatic rings. The summed E-state index contributed by atoms with van der Waals surface area (Å²) in [5.74, 6) is -4.04. The number of nitrogens with zero attached hydrogens (tertiary/aromatic N) is 1. The number of alkyl halides is 3. The van der Waals surface area contributed by atoms with Crippen molar-refractivity contribution in [3.05, 3.63) is 28.2 Å². The number of halogens is 5. The number of carbonyl (C=O) groups is 3. The molecule has 0 radical (unpaired) electrons. The molecule has 1 atom stereocenters. The summed E-state index contributed by atoms with van der Waals surface area (Å²) in [5, 5.41) is 1.77. The Hall–Kier alpha value is -1.80. The summed E-state index contributed by atoms with van der Waals surface area (Å²) >= 11 is 11.5. The van der Waals surface area contributed by atoms with Crippen molar-refractivity contribution in [2.75, 3.05) is 4.90 Å². The monoisotopic (exact) mass is 354 g/mol. The second-order valence-electron chi connectivity index (χ2n) is 4.42. The molecule has 0 aromatic heterocycles. The standard InChI is InChI=1S/C12H7Cl2F3N2O3/c13-5-1-6(14)3-7(2-5)19-9(20)4-8(10(19)21)18-11(22)12(15,16)17/h1-3,8H,4H2,(H,18,22). The third-order valence-corrected chi connectivity index (χ3v) is 3.25. The van der Waals surface area contributed by atoms with Gasteiger partial charge in [-0.3, -0.25) is 14.4 Å². The lowest BCUT2D eigenvalue weighted by atomic mass is 10.2. The Morgan fingerprint density at radius 1 is 1.18 bits per heavy atom. The third kappa shape index (κ3) is 3.33. The van der Waals surface area contributed by atoms with E-state index in [-0.39, 0.29) is 15.7 Å². The van der Waals surface area contributed by atoms with Crippen molar-refractivity contribution in [1.82, 2.24) is 5.32 Å². The van der Waals surface area contributed by atoms with Crippen molar-refractivity contribution in [2.24, 2.45) is 0 Å². The zero-order chi connectivity index (χ0) is 16.7. The Kier molecular flexibility index (Phi) is 4.35. The van der Waals surface area contributed by atoms with Crippen molar-refractivity contribution in [3.63, 3.8) is 0 Å². The normalized spacial score (nSPS) is 18.8. The molecule has 2 rings (SSSR count). The van der Waals surface area contributed by atoms with Gasteiger partial charge in [-0.15, -0.1) is 0 Å². The lowest BCUT2D eigenvalue weighted by Crippen LogP contribution is -2.47. The van der Waals surface area contributed by atoms with Crippen LogP contribution in [0.3, 0.4) is 0 Å². The number of hydrogen-bond acceptors (Lipinski definition) is 3. The molecule has 0 bridgehead atoms. The van der Waals surface area contributed by atoms with Crippen LogP contribution in [0.2, 0.25) is 10.0 Å². The van der Waals surface area contributed by atoms with Crippen LogP contribution in [0.4, 0.5) is 18.9 Å². The van der Waals surface area contributed by atoms with Gasteiger partial charge in [-0.1, -0.05) is 23.2 Å². The molecule has 1 aromatic carbocycles. The summed E-state index contributed by atoms with van der Waals surface area (Å²) in [6, 6.07) is 2.30. The Bertz CT molecular complexity index is 643. The zero-order valence-electron chi connectivity index (χ0n) is 10.6. The highest BCUT2D eigenvalue weighted by Gasteiger charge is 2.46. The van der Waals surface area contributed by atoms with Crippen LogP contribution in [0, 0.1) is 0 Å². The van der Waals surface area contributed by atoms with Crippen molar-refractivity contribution in [1.29, 1.82) is 0 Å². The number of imide groups is 1. The average Bonchev–Trinajstić information content (AvgIpc) is 2.61. The maximum Gasteiger partial charge on any atom is 0.471 e. The van der Waals surface area contributed by atoms with E-state index < -0.39 is 36.4 Å². The molecule has 3 amide bonds.